The number of hydrogen-bond donors (Lipinski definition) is 2. The first-order valence-corrected chi connectivity index (χ1v) is 7.84. The van der Waals surface area contributed by atoms with Crippen LogP contribution in [0.1, 0.15) is 20.8 Å². The van der Waals surface area contributed by atoms with Gasteiger partial charge in [0, 0.05) is 11.8 Å². The molecule has 0 radical (unpaired) electrons. The Balaban J connectivity index is 2.30. The Kier molecular flexibility index (Phi) is 4.32. The second kappa shape index (κ2) is 5.54. The molecule has 0 saturated carbocycles. The zero-order valence-electron chi connectivity index (χ0n) is 12.0. The van der Waals surface area contributed by atoms with E-state index in [4.69, 9.17) is 10.5 Å². The van der Waals surface area contributed by atoms with Gasteiger partial charge in [-0.25, -0.2) is 4.79 Å². The minimum Gasteiger partial charge on any atom is -0.480 e. The summed E-state index contributed by atoms with van der Waals surface area (Å²) in [5.74, 6) is -0.532. The Morgan fingerprint density at radius 1 is 1.50 bits per heavy atom. The number of rotatable bonds is 3. The van der Waals surface area contributed by atoms with E-state index in [0.717, 1.165) is 0 Å². The number of carbonyl (C=O) groups excluding carboxylic acids is 1. The molecule has 4 atom stereocenters. The molecule has 0 aromatic heterocycles. The summed E-state index contributed by atoms with van der Waals surface area (Å²) in [4.78, 5) is 25.8. The van der Waals surface area contributed by atoms with Gasteiger partial charge in [-0.1, -0.05) is 13.8 Å². The van der Waals surface area contributed by atoms with Gasteiger partial charge in [-0.2, -0.15) is 0 Å². The lowest BCUT2D eigenvalue weighted by Gasteiger charge is -2.37. The molecule has 4 unspecified atom stereocenters. The van der Waals surface area contributed by atoms with Crippen molar-refractivity contribution < 1.29 is 19.4 Å². The van der Waals surface area contributed by atoms with Gasteiger partial charge in [-0.15, -0.1) is 11.8 Å². The van der Waals surface area contributed by atoms with Crippen molar-refractivity contribution in [3.63, 3.8) is 0 Å². The van der Waals surface area contributed by atoms with Crippen LogP contribution in [0, 0.1) is 11.3 Å². The summed E-state index contributed by atoms with van der Waals surface area (Å²) in [7, 11) is 0. The van der Waals surface area contributed by atoms with Crippen molar-refractivity contribution in [2.45, 2.75) is 38.2 Å². The van der Waals surface area contributed by atoms with Crippen molar-refractivity contribution in [1.29, 1.82) is 0 Å². The molecule has 2 fully saturated rings. The van der Waals surface area contributed by atoms with Crippen molar-refractivity contribution in [2.24, 2.45) is 17.1 Å². The summed E-state index contributed by atoms with van der Waals surface area (Å²) in [5, 5.41) is 9.24. The molecule has 7 heteroatoms. The molecule has 2 saturated heterocycles. The minimum absolute atomic E-state index is 0.117. The third kappa shape index (κ3) is 2.42. The molecule has 2 heterocycles. The van der Waals surface area contributed by atoms with Crippen LogP contribution < -0.4 is 5.73 Å². The number of carboxylic acid groups (broad SMARTS) is 1. The second-order valence-corrected chi connectivity index (χ2v) is 7.22. The number of thioether (sulfide) groups is 1. The molecular formula is C13H22N2O4S. The fourth-order valence-electron chi connectivity index (χ4n) is 2.69. The van der Waals surface area contributed by atoms with Crippen LogP contribution >= 0.6 is 11.8 Å². The maximum Gasteiger partial charge on any atom is 0.327 e. The summed E-state index contributed by atoms with van der Waals surface area (Å²) >= 11 is 1.52. The molecule has 0 aliphatic carbocycles. The van der Waals surface area contributed by atoms with Gasteiger partial charge >= 0.3 is 5.97 Å². The van der Waals surface area contributed by atoms with Gasteiger partial charge < -0.3 is 20.5 Å². The molecule has 2 rings (SSSR count). The Bertz CT molecular complexity index is 417. The maximum atomic E-state index is 12.9. The lowest BCUT2D eigenvalue weighted by atomic mass is 9.83. The Hall–Kier alpha value is -0.790. The number of nitrogens with two attached hydrogens (primary N) is 1. The maximum absolute atomic E-state index is 12.9. The smallest absolute Gasteiger partial charge is 0.327 e. The second-order valence-electron chi connectivity index (χ2n) is 6.07. The van der Waals surface area contributed by atoms with Gasteiger partial charge in [0.05, 0.1) is 24.0 Å². The summed E-state index contributed by atoms with van der Waals surface area (Å²) in [6.07, 6.45) is 0. The fourth-order valence-corrected chi connectivity index (χ4v) is 4.16. The summed E-state index contributed by atoms with van der Waals surface area (Å²) in [6.45, 7) is 6.36. The lowest BCUT2D eigenvalue weighted by Crippen LogP contribution is -2.57. The van der Waals surface area contributed by atoms with Crippen LogP contribution in [0.2, 0.25) is 0 Å². The van der Waals surface area contributed by atoms with E-state index in [-0.39, 0.29) is 29.8 Å². The summed E-state index contributed by atoms with van der Waals surface area (Å²) in [6, 6.07) is -1.16. The highest BCUT2D eigenvalue weighted by molar-refractivity contribution is 8.00. The number of carboxylic acids is 1. The van der Waals surface area contributed by atoms with Gasteiger partial charge in [0.2, 0.25) is 5.91 Å². The van der Waals surface area contributed by atoms with Crippen molar-refractivity contribution in [3.05, 3.63) is 0 Å². The van der Waals surface area contributed by atoms with E-state index < -0.39 is 17.4 Å². The summed E-state index contributed by atoms with van der Waals surface area (Å²) < 4.78 is 5.32. The Morgan fingerprint density at radius 2 is 2.15 bits per heavy atom. The van der Waals surface area contributed by atoms with Gasteiger partial charge in [0.15, 0.2) is 0 Å². The van der Waals surface area contributed by atoms with Crippen LogP contribution in [0.25, 0.3) is 0 Å². The van der Waals surface area contributed by atoms with Gasteiger partial charge in [-0.05, 0) is 12.8 Å². The first kappa shape index (κ1) is 15.6. The van der Waals surface area contributed by atoms with E-state index in [1.807, 2.05) is 13.8 Å². The SMILES string of the molecule is CC(C)C1SCC(C(=O)O)N1C(=O)C1(C)COCC1N. The topological polar surface area (TPSA) is 92.9 Å². The van der Waals surface area contributed by atoms with E-state index in [1.54, 1.807) is 6.92 Å². The van der Waals surface area contributed by atoms with E-state index in [9.17, 15) is 14.7 Å². The number of ether oxygens (including phenoxy) is 1. The molecule has 2 aliphatic heterocycles. The fraction of sp³-hybridized carbons (Fsp3) is 0.846. The van der Waals surface area contributed by atoms with Crippen LogP contribution in [0.3, 0.4) is 0 Å². The highest BCUT2D eigenvalue weighted by atomic mass is 32.2. The first-order chi connectivity index (χ1) is 9.29. The quantitative estimate of drug-likeness (QED) is 0.782. The van der Waals surface area contributed by atoms with E-state index in [1.165, 1.54) is 16.7 Å². The number of aliphatic carboxylic acids is 1. The van der Waals surface area contributed by atoms with Gasteiger partial charge in [-0.3, -0.25) is 4.79 Å². The summed E-state index contributed by atoms with van der Waals surface area (Å²) in [5.41, 5.74) is 5.17. The monoisotopic (exact) mass is 302 g/mol. The normalized spacial score (nSPS) is 37.6. The molecule has 0 aromatic rings. The number of amides is 1. The number of hydrogen-bond acceptors (Lipinski definition) is 5. The third-order valence-electron chi connectivity index (χ3n) is 4.13. The molecule has 0 spiro atoms. The largest absolute Gasteiger partial charge is 0.480 e. The molecule has 1 amide bonds. The van der Waals surface area contributed by atoms with Crippen molar-refractivity contribution in [3.8, 4) is 0 Å². The highest BCUT2D eigenvalue weighted by Crippen LogP contribution is 2.39. The predicted molar refractivity (Wildman–Crippen MR) is 76.3 cm³/mol. The van der Waals surface area contributed by atoms with Crippen molar-refractivity contribution in [1.82, 2.24) is 4.90 Å². The molecule has 3 N–H and O–H groups in total. The van der Waals surface area contributed by atoms with E-state index in [0.29, 0.717) is 12.4 Å². The van der Waals surface area contributed by atoms with Crippen LogP contribution in [0.5, 0.6) is 0 Å². The molecule has 20 heavy (non-hydrogen) atoms. The zero-order valence-corrected chi connectivity index (χ0v) is 12.9. The molecule has 6 nitrogen and oxygen atoms in total. The minimum atomic E-state index is -0.954. The molecular weight excluding hydrogens is 280 g/mol. The van der Waals surface area contributed by atoms with Crippen LogP contribution in [-0.2, 0) is 14.3 Å². The average Bonchev–Trinajstić information content (AvgIpc) is 2.94. The standard InChI is InChI=1S/C13H22N2O4S/c1-7(2)10-15(8(5-20-10)11(16)17)12(18)13(3)6-19-4-9(13)14/h7-10H,4-6,14H2,1-3H3,(H,16,17). The van der Waals surface area contributed by atoms with E-state index in [2.05, 4.69) is 0 Å². The van der Waals surface area contributed by atoms with Crippen LogP contribution in [0.15, 0.2) is 0 Å². The number of carbonyl (C=O) groups is 2. The number of nitrogens with zero attached hydrogens (tertiary/aromatic N) is 1. The highest BCUT2D eigenvalue weighted by Gasteiger charge is 2.52. The third-order valence-corrected chi connectivity index (χ3v) is 5.75. The predicted octanol–water partition coefficient (Wildman–Crippen LogP) is 0.361. The van der Waals surface area contributed by atoms with Crippen molar-refractivity contribution in [2.75, 3.05) is 19.0 Å². The molecule has 114 valence electrons. The van der Waals surface area contributed by atoms with Crippen LogP contribution in [-0.4, -0.2) is 58.3 Å². The van der Waals surface area contributed by atoms with E-state index >= 15 is 0 Å². The lowest BCUT2D eigenvalue weighted by molar-refractivity contribution is -0.154. The molecule has 2 aliphatic rings. The Morgan fingerprint density at radius 3 is 2.60 bits per heavy atom. The van der Waals surface area contributed by atoms with Crippen molar-refractivity contribution >= 4 is 23.6 Å². The zero-order chi connectivity index (χ0) is 15.1. The molecule has 0 bridgehead atoms. The Labute approximate surface area is 123 Å². The average molecular weight is 302 g/mol. The van der Waals surface area contributed by atoms with Gasteiger partial charge in [0.25, 0.3) is 0 Å². The first-order valence-electron chi connectivity index (χ1n) is 6.79. The van der Waals surface area contributed by atoms with Crippen LogP contribution in [0.4, 0.5) is 0 Å². The van der Waals surface area contributed by atoms with Gasteiger partial charge in [0.1, 0.15) is 6.04 Å². The molecule has 0 aromatic carbocycles.